The summed E-state index contributed by atoms with van der Waals surface area (Å²) in [5, 5.41) is 5.31. The van der Waals surface area contributed by atoms with E-state index in [2.05, 4.69) is 108 Å². The van der Waals surface area contributed by atoms with E-state index in [1.807, 2.05) is 26.0 Å². The predicted molar refractivity (Wildman–Crippen MR) is 176 cm³/mol. The molecule has 0 N–H and O–H groups in total. The van der Waals surface area contributed by atoms with Crippen LogP contribution in [0.2, 0.25) is 0 Å². The van der Waals surface area contributed by atoms with Crippen molar-refractivity contribution in [2.45, 2.75) is 86.4 Å². The van der Waals surface area contributed by atoms with Gasteiger partial charge in [0.2, 0.25) is 0 Å². The highest BCUT2D eigenvalue weighted by Crippen LogP contribution is 2.29. The number of benzene rings is 2. The molecule has 41 heavy (non-hydrogen) atoms. The summed E-state index contributed by atoms with van der Waals surface area (Å²) < 4.78 is 14.6. The monoisotopic (exact) mass is 589 g/mol. The van der Waals surface area contributed by atoms with Gasteiger partial charge < -0.3 is 13.6 Å². The van der Waals surface area contributed by atoms with Crippen LogP contribution in [0, 0.1) is 18.8 Å². The summed E-state index contributed by atoms with van der Waals surface area (Å²) in [5.74, 6) is 0.179. The zero-order chi connectivity index (χ0) is 30.0. The molecule has 0 aliphatic rings. The summed E-state index contributed by atoms with van der Waals surface area (Å²) in [4.78, 5) is 15.8. The fraction of sp³-hybridized carbons (Fsp3) is 0.429. The number of rotatable bonds is 14. The third-order valence-electron chi connectivity index (χ3n) is 7.00. The highest BCUT2D eigenvalue weighted by atomic mass is 32.1. The van der Waals surface area contributed by atoms with Gasteiger partial charge in [-0.25, -0.2) is 4.98 Å². The Hall–Kier alpha value is -2.64. The van der Waals surface area contributed by atoms with E-state index >= 15 is 0 Å². The van der Waals surface area contributed by atoms with Gasteiger partial charge in [-0.2, -0.15) is 0 Å². The fourth-order valence-electron chi connectivity index (χ4n) is 5.14. The van der Waals surface area contributed by atoms with Gasteiger partial charge in [-0.3, -0.25) is 0 Å². The van der Waals surface area contributed by atoms with Crippen LogP contribution in [0.25, 0.3) is 6.08 Å². The molecule has 0 saturated carbocycles. The third-order valence-corrected chi connectivity index (χ3v) is 11.5. The van der Waals surface area contributed by atoms with E-state index in [0.29, 0.717) is 0 Å². The summed E-state index contributed by atoms with van der Waals surface area (Å²) in [7, 11) is -3.21. The number of thiazole rings is 1. The van der Waals surface area contributed by atoms with Crippen molar-refractivity contribution in [2.75, 3.05) is 0 Å². The Morgan fingerprint density at radius 3 is 2.07 bits per heavy atom. The van der Waals surface area contributed by atoms with Crippen molar-refractivity contribution < 1.29 is 13.6 Å². The van der Waals surface area contributed by atoms with E-state index in [4.69, 9.17) is 13.8 Å². The molecule has 0 saturated heterocycles. The second-order valence-corrected chi connectivity index (χ2v) is 16.0. The number of hydrogen-bond acceptors (Lipinski definition) is 5. The van der Waals surface area contributed by atoms with Crippen LogP contribution in [0.3, 0.4) is 0 Å². The van der Waals surface area contributed by atoms with E-state index in [1.165, 1.54) is 5.57 Å². The normalized spacial score (nSPS) is 15.4. The molecule has 0 fully saturated rings. The van der Waals surface area contributed by atoms with Crippen molar-refractivity contribution in [3.63, 3.8) is 0 Å². The quantitative estimate of drug-likeness (QED) is 0.109. The Labute approximate surface area is 252 Å². The summed E-state index contributed by atoms with van der Waals surface area (Å²) in [6, 6.07) is 20.9. The Morgan fingerprint density at radius 1 is 1.00 bits per heavy atom. The molecule has 1 aromatic heterocycles. The van der Waals surface area contributed by atoms with Gasteiger partial charge in [0.15, 0.2) is 0 Å². The van der Waals surface area contributed by atoms with Gasteiger partial charge in [-0.05, 0) is 82.8 Å². The number of aryl methyl sites for hydroxylation is 1. The van der Waals surface area contributed by atoms with E-state index < -0.39 is 14.2 Å². The van der Waals surface area contributed by atoms with E-state index in [9.17, 15) is 4.79 Å². The average molecular weight is 590 g/mol. The fourth-order valence-corrected chi connectivity index (χ4v) is 9.48. The molecule has 0 aliphatic heterocycles. The zero-order valence-electron chi connectivity index (χ0n) is 26.0. The molecule has 2 aromatic carbocycles. The Kier molecular flexibility index (Phi) is 12.0. The minimum absolute atomic E-state index is 0.0809. The average Bonchev–Trinajstić information content (AvgIpc) is 3.35. The van der Waals surface area contributed by atoms with Gasteiger partial charge in [0.25, 0.3) is 0 Å². The topological polar surface area (TPSA) is 48.4 Å². The third kappa shape index (κ3) is 9.71. The van der Waals surface area contributed by atoms with Gasteiger partial charge in [0.05, 0.1) is 22.4 Å². The molecule has 6 heteroatoms. The summed E-state index contributed by atoms with van der Waals surface area (Å²) in [6.45, 7) is 16.9. The second-order valence-electron chi connectivity index (χ2n) is 12.2. The molecule has 1 heterocycles. The van der Waals surface area contributed by atoms with Crippen LogP contribution in [-0.4, -0.2) is 31.5 Å². The highest BCUT2D eigenvalue weighted by molar-refractivity contribution is 7.09. The van der Waals surface area contributed by atoms with Crippen LogP contribution in [-0.2, 0) is 13.6 Å². The summed E-state index contributed by atoms with van der Waals surface area (Å²) >= 11 is 1.66. The Balaban J connectivity index is 2.12. The predicted octanol–water partition coefficient (Wildman–Crippen LogP) is 7.90. The van der Waals surface area contributed by atoms with Crippen LogP contribution < -0.4 is 10.4 Å². The van der Waals surface area contributed by atoms with Crippen molar-refractivity contribution >= 4 is 42.6 Å². The largest absolute Gasteiger partial charge is 0.408 e. The van der Waals surface area contributed by atoms with Crippen LogP contribution >= 0.6 is 11.3 Å². The molecular formula is C35H47NO3SSi. The maximum atomic E-state index is 11.1. The Morgan fingerprint density at radius 2 is 1.59 bits per heavy atom. The first kappa shape index (κ1) is 32.9. The number of carbonyl (C=O) groups is 1. The first-order valence-corrected chi connectivity index (χ1v) is 17.3. The van der Waals surface area contributed by atoms with Crippen molar-refractivity contribution in [1.82, 2.24) is 4.98 Å². The molecule has 0 spiro atoms. The molecule has 0 unspecified atom stereocenters. The van der Waals surface area contributed by atoms with Gasteiger partial charge in [-0.15, -0.1) is 11.3 Å². The van der Waals surface area contributed by atoms with Gasteiger partial charge in [-0.1, -0.05) is 86.2 Å². The van der Waals surface area contributed by atoms with Crippen molar-refractivity contribution in [3.8, 4) is 0 Å². The summed E-state index contributed by atoms with van der Waals surface area (Å²) in [5.41, 5.74) is 2.95. The molecule has 0 radical (unpaired) electrons. The molecule has 3 rings (SSSR count). The number of allylic oxidation sites excluding steroid dienone is 1. The van der Waals surface area contributed by atoms with E-state index in [0.717, 1.165) is 52.2 Å². The number of hydrogen-bond donors (Lipinski definition) is 0. The van der Waals surface area contributed by atoms with E-state index in [1.54, 1.807) is 11.3 Å². The number of nitrogens with zero attached hydrogens (tertiary/aromatic N) is 1. The lowest BCUT2D eigenvalue weighted by Crippen LogP contribution is -2.67. The van der Waals surface area contributed by atoms with E-state index in [-0.39, 0.29) is 17.9 Å². The molecule has 0 bridgehead atoms. The smallest absolute Gasteiger partial charge is 0.383 e. The molecular weight excluding hydrogens is 543 g/mol. The minimum atomic E-state index is -3.21. The number of aldehydes is 1. The lowest BCUT2D eigenvalue weighted by molar-refractivity contribution is -0.110. The minimum Gasteiger partial charge on any atom is -0.383 e. The zero-order valence-corrected chi connectivity index (χ0v) is 27.8. The van der Waals surface area contributed by atoms with Crippen molar-refractivity contribution in [2.24, 2.45) is 11.8 Å². The SMILES string of the molecule is C/C(=C/[C@H](C)[C@H](O[Si](OC(C)(C)C)(c1ccccc1)c1ccccc1)/C(C)=C/c1csc(C)n1)CCC[C@H](C)C=O. The van der Waals surface area contributed by atoms with Crippen LogP contribution in [0.5, 0.6) is 0 Å². The standard InChI is InChI=1S/C35H47NO3SSi/c1-26(16-15-17-27(2)24-37)22-28(3)34(29(4)23-31-25-40-30(5)36-31)38-41(39-35(6,7)8,32-18-11-9-12-19-32)33-20-13-10-14-21-33/h9-14,18-25,27-28,34H,15-17H2,1-8H3/b26-22-,29-23+/t27-,28-,34-/m0/s1. The first-order chi connectivity index (χ1) is 19.4. The maximum Gasteiger partial charge on any atom is 0.408 e. The molecule has 4 nitrogen and oxygen atoms in total. The second kappa shape index (κ2) is 15.0. The highest BCUT2D eigenvalue weighted by Gasteiger charge is 2.48. The van der Waals surface area contributed by atoms with Crippen LogP contribution in [0.15, 0.2) is 83.3 Å². The van der Waals surface area contributed by atoms with Gasteiger partial charge in [0.1, 0.15) is 6.29 Å². The summed E-state index contributed by atoms with van der Waals surface area (Å²) in [6.07, 6.45) is 8.16. The van der Waals surface area contributed by atoms with Gasteiger partial charge >= 0.3 is 8.56 Å². The number of carbonyl (C=O) groups excluding carboxylic acids is 1. The molecule has 3 aromatic rings. The van der Waals surface area contributed by atoms with Gasteiger partial charge in [0, 0.05) is 17.2 Å². The van der Waals surface area contributed by atoms with Crippen molar-refractivity contribution in [1.29, 1.82) is 0 Å². The van der Waals surface area contributed by atoms with Crippen LogP contribution in [0.1, 0.15) is 78.4 Å². The molecule has 0 aliphatic carbocycles. The van der Waals surface area contributed by atoms with Crippen molar-refractivity contribution in [3.05, 3.63) is 94.0 Å². The Bertz CT molecular complexity index is 1250. The first-order valence-electron chi connectivity index (χ1n) is 14.7. The lowest BCUT2D eigenvalue weighted by Gasteiger charge is -2.41. The molecule has 3 atom stereocenters. The number of aromatic nitrogens is 1. The lowest BCUT2D eigenvalue weighted by atomic mass is 9.94. The maximum absolute atomic E-state index is 11.1. The molecule has 220 valence electrons. The van der Waals surface area contributed by atoms with Crippen LogP contribution in [0.4, 0.5) is 0 Å². The molecule has 0 amide bonds.